The van der Waals surface area contributed by atoms with Crippen LogP contribution >= 0.6 is 0 Å². The molecule has 35 heavy (non-hydrogen) atoms. The molecule has 0 fully saturated rings. The van der Waals surface area contributed by atoms with Crippen LogP contribution in [0.2, 0.25) is 0 Å². The summed E-state index contributed by atoms with van der Waals surface area (Å²) in [5.41, 5.74) is -3.08. The zero-order valence-corrected chi connectivity index (χ0v) is 19.1. The molecule has 8 heteroatoms. The fraction of sp³-hybridized carbons (Fsp3) is 0.222. The van der Waals surface area contributed by atoms with Crippen molar-refractivity contribution in [2.24, 2.45) is 0 Å². The Bertz CT molecular complexity index is 1350. The van der Waals surface area contributed by atoms with Gasteiger partial charge >= 0.3 is 12.4 Å². The highest BCUT2D eigenvalue weighted by Crippen LogP contribution is 2.47. The van der Waals surface area contributed by atoms with Crippen LogP contribution in [-0.2, 0) is 17.8 Å². The molecule has 4 rings (SSSR count). The molecule has 4 aromatic rings. The van der Waals surface area contributed by atoms with Crippen LogP contribution in [-0.4, -0.2) is 4.98 Å². The van der Waals surface area contributed by atoms with E-state index in [9.17, 15) is 26.3 Å². The minimum atomic E-state index is -5.10. The summed E-state index contributed by atoms with van der Waals surface area (Å²) in [6.45, 7) is 5.72. The highest BCUT2D eigenvalue weighted by atomic mass is 19.4. The van der Waals surface area contributed by atoms with Crippen LogP contribution in [0, 0.1) is 0 Å². The van der Waals surface area contributed by atoms with E-state index in [4.69, 9.17) is 0 Å². The number of alkyl halides is 6. The molecule has 1 heterocycles. The summed E-state index contributed by atoms with van der Waals surface area (Å²) in [4.78, 5) is 3.71. The van der Waals surface area contributed by atoms with Crippen LogP contribution in [0.5, 0.6) is 0 Å². The number of benzene rings is 3. The molecule has 1 N–H and O–H groups in total. The summed E-state index contributed by atoms with van der Waals surface area (Å²) >= 11 is 0. The summed E-state index contributed by atoms with van der Waals surface area (Å²) in [6, 6.07) is 18.2. The third-order valence-electron chi connectivity index (χ3n) is 5.64. The van der Waals surface area contributed by atoms with Gasteiger partial charge in [0.15, 0.2) is 5.69 Å². The van der Waals surface area contributed by atoms with Gasteiger partial charge in [-0.15, -0.1) is 0 Å². The monoisotopic (exact) mass is 488 g/mol. The molecule has 0 spiro atoms. The molecule has 0 saturated carbocycles. The van der Waals surface area contributed by atoms with Gasteiger partial charge in [0.25, 0.3) is 0 Å². The smallest absolute Gasteiger partial charge is 0.355 e. The maximum absolute atomic E-state index is 14.3. The quantitative estimate of drug-likeness (QED) is 0.291. The Kier molecular flexibility index (Phi) is 6.03. The van der Waals surface area contributed by atoms with Crippen LogP contribution in [0.25, 0.3) is 22.0 Å². The van der Waals surface area contributed by atoms with Gasteiger partial charge in [-0.3, -0.25) is 0 Å². The lowest BCUT2D eigenvalue weighted by atomic mass is 9.85. The van der Waals surface area contributed by atoms with Crippen molar-refractivity contribution in [3.8, 4) is 11.1 Å². The Hall–Kier alpha value is -3.55. The topological polar surface area (TPSA) is 24.9 Å². The first-order valence-corrected chi connectivity index (χ1v) is 10.8. The van der Waals surface area contributed by atoms with Crippen molar-refractivity contribution in [2.45, 2.75) is 38.5 Å². The van der Waals surface area contributed by atoms with Crippen LogP contribution in [0.1, 0.15) is 37.6 Å². The zero-order valence-electron chi connectivity index (χ0n) is 19.1. The van der Waals surface area contributed by atoms with Crippen LogP contribution < -0.4 is 5.32 Å². The molecule has 1 aromatic heterocycles. The van der Waals surface area contributed by atoms with Gasteiger partial charge < -0.3 is 5.32 Å². The number of fused-ring (bicyclic) bond motifs is 1. The van der Waals surface area contributed by atoms with Gasteiger partial charge in [-0.25, -0.2) is 4.98 Å². The fourth-order valence-corrected chi connectivity index (χ4v) is 3.95. The Labute approximate surface area is 198 Å². The summed E-state index contributed by atoms with van der Waals surface area (Å²) in [5, 5.41) is 2.57. The maximum atomic E-state index is 14.3. The van der Waals surface area contributed by atoms with E-state index in [-0.39, 0.29) is 11.0 Å². The van der Waals surface area contributed by atoms with E-state index in [0.29, 0.717) is 11.4 Å². The molecule has 3 aromatic carbocycles. The molecule has 0 atom stereocenters. The lowest BCUT2D eigenvalue weighted by Crippen LogP contribution is -2.17. The second kappa shape index (κ2) is 8.59. The molecule has 2 nitrogen and oxygen atoms in total. The molecule has 0 aliphatic rings. The average molecular weight is 488 g/mol. The third kappa shape index (κ3) is 5.11. The van der Waals surface area contributed by atoms with Crippen molar-refractivity contribution in [2.75, 3.05) is 5.32 Å². The van der Waals surface area contributed by atoms with E-state index >= 15 is 0 Å². The summed E-state index contributed by atoms with van der Waals surface area (Å²) in [7, 11) is 0. The van der Waals surface area contributed by atoms with Crippen molar-refractivity contribution in [1.29, 1.82) is 0 Å². The van der Waals surface area contributed by atoms with Gasteiger partial charge in [0.2, 0.25) is 0 Å². The molecule has 0 amide bonds. The number of nitrogens with zero attached hydrogens (tertiary/aromatic N) is 1. The highest BCUT2D eigenvalue weighted by Gasteiger charge is 2.44. The van der Waals surface area contributed by atoms with E-state index in [1.54, 1.807) is 42.5 Å². The third-order valence-corrected chi connectivity index (χ3v) is 5.64. The maximum Gasteiger partial charge on any atom is 0.433 e. The Morgan fingerprint density at radius 2 is 1.31 bits per heavy atom. The fourth-order valence-electron chi connectivity index (χ4n) is 3.95. The number of nitrogens with one attached hydrogen (secondary N) is 1. The van der Waals surface area contributed by atoms with E-state index in [2.05, 4.69) is 10.3 Å². The van der Waals surface area contributed by atoms with E-state index in [0.717, 1.165) is 11.6 Å². The largest absolute Gasteiger partial charge is 0.433 e. The van der Waals surface area contributed by atoms with Gasteiger partial charge in [-0.2, -0.15) is 26.3 Å². The van der Waals surface area contributed by atoms with Crippen LogP contribution in [0.3, 0.4) is 0 Å². The minimum Gasteiger partial charge on any atom is -0.355 e. The van der Waals surface area contributed by atoms with E-state index in [1.165, 1.54) is 24.3 Å². The zero-order chi connectivity index (χ0) is 25.6. The normalized spacial score (nSPS) is 12.7. The minimum absolute atomic E-state index is 0.196. The molecule has 182 valence electrons. The molecular weight excluding hydrogens is 466 g/mol. The van der Waals surface area contributed by atoms with Gasteiger partial charge in [0.05, 0.1) is 11.1 Å². The summed E-state index contributed by atoms with van der Waals surface area (Å²) < 4.78 is 85.3. The molecule has 0 aliphatic carbocycles. The van der Waals surface area contributed by atoms with Gasteiger partial charge in [0.1, 0.15) is 0 Å². The second-order valence-electron chi connectivity index (χ2n) is 9.26. The number of para-hydroxylation sites is 1. The van der Waals surface area contributed by atoms with Crippen LogP contribution in [0.4, 0.5) is 37.7 Å². The predicted octanol–water partition coefficient (Wildman–Crippen LogP) is 8.98. The summed E-state index contributed by atoms with van der Waals surface area (Å²) in [6.07, 6.45) is -10.2. The lowest BCUT2D eigenvalue weighted by molar-refractivity contribution is -0.143. The first-order chi connectivity index (χ1) is 16.2. The number of rotatable bonds is 3. The van der Waals surface area contributed by atoms with E-state index < -0.39 is 40.1 Å². The van der Waals surface area contributed by atoms with Gasteiger partial charge in [-0.05, 0) is 40.8 Å². The first-order valence-electron chi connectivity index (χ1n) is 10.8. The number of hydrogen-bond donors (Lipinski definition) is 1. The number of hydrogen-bond acceptors (Lipinski definition) is 2. The number of halogens is 6. The lowest BCUT2D eigenvalue weighted by Gasteiger charge is -2.23. The Balaban J connectivity index is 1.98. The van der Waals surface area contributed by atoms with Crippen molar-refractivity contribution in [3.63, 3.8) is 0 Å². The van der Waals surface area contributed by atoms with Crippen molar-refractivity contribution >= 4 is 22.3 Å². The predicted molar refractivity (Wildman–Crippen MR) is 126 cm³/mol. The average Bonchev–Trinajstić information content (AvgIpc) is 2.76. The molecule has 0 unspecified atom stereocenters. The SMILES string of the molecule is CC(C)(C)c1ccc(-c2c(C(F)(F)F)nc3cc(Nc4ccccc4)ccc3c2C(F)(F)F)cc1. The molecule has 0 bridgehead atoms. The molecule has 0 aliphatic heterocycles. The second-order valence-corrected chi connectivity index (χ2v) is 9.26. The van der Waals surface area contributed by atoms with Crippen molar-refractivity contribution in [3.05, 3.63) is 89.6 Å². The summed E-state index contributed by atoms with van der Waals surface area (Å²) in [5.74, 6) is 0. The van der Waals surface area contributed by atoms with Crippen LogP contribution in [0.15, 0.2) is 72.8 Å². The first kappa shape index (κ1) is 24.6. The van der Waals surface area contributed by atoms with E-state index in [1.807, 2.05) is 20.8 Å². The number of anilines is 2. The molecular formula is C27H22F6N2. The number of pyridine rings is 1. The molecule has 0 saturated heterocycles. The van der Waals surface area contributed by atoms with Crippen molar-refractivity contribution in [1.82, 2.24) is 4.98 Å². The molecule has 0 radical (unpaired) electrons. The Morgan fingerprint density at radius 1 is 0.686 bits per heavy atom. The van der Waals surface area contributed by atoms with Gasteiger partial charge in [0, 0.05) is 22.3 Å². The highest BCUT2D eigenvalue weighted by molar-refractivity contribution is 5.93. The van der Waals surface area contributed by atoms with Crippen molar-refractivity contribution < 1.29 is 26.3 Å². The number of aromatic nitrogens is 1. The standard InChI is InChI=1S/C27H22F6N2/c1-25(2,3)17-11-9-16(10-12-17)22-23(26(28,29)30)20-14-13-19(34-18-7-5-4-6-8-18)15-21(20)35-24(22)27(31,32)33/h4-15,34H,1-3H3. The van der Waals surface area contributed by atoms with Gasteiger partial charge in [-0.1, -0.05) is 69.3 Å². The Morgan fingerprint density at radius 3 is 1.86 bits per heavy atom.